The Morgan fingerprint density at radius 3 is 2.70 bits per heavy atom. The number of carbonyl (C=O) groups excluding carboxylic acids is 1. The van der Waals surface area contributed by atoms with Crippen LogP contribution in [0.3, 0.4) is 0 Å². The van der Waals surface area contributed by atoms with Gasteiger partial charge < -0.3 is 9.64 Å². The first kappa shape index (κ1) is 17.6. The van der Waals surface area contributed by atoms with Crippen molar-refractivity contribution in [1.82, 2.24) is 4.90 Å². The molecule has 1 aromatic heterocycles. The Labute approximate surface area is 148 Å². The quantitative estimate of drug-likeness (QED) is 0.761. The van der Waals surface area contributed by atoms with Gasteiger partial charge in [-0.25, -0.2) is 0 Å². The van der Waals surface area contributed by atoms with Crippen molar-refractivity contribution in [2.24, 2.45) is 0 Å². The predicted molar refractivity (Wildman–Crippen MR) is 92.1 cm³/mol. The molecule has 0 aliphatic rings. The lowest BCUT2D eigenvalue weighted by atomic mass is 10.2. The van der Waals surface area contributed by atoms with E-state index < -0.39 is 0 Å². The summed E-state index contributed by atoms with van der Waals surface area (Å²) < 4.78 is 6.17. The van der Waals surface area contributed by atoms with Gasteiger partial charge in [-0.1, -0.05) is 23.2 Å². The lowest BCUT2D eigenvalue weighted by molar-refractivity contribution is -0.133. The van der Waals surface area contributed by atoms with Gasteiger partial charge in [-0.15, -0.1) is 11.3 Å². The number of nitriles is 1. The summed E-state index contributed by atoms with van der Waals surface area (Å²) in [6.45, 7) is 2.86. The van der Waals surface area contributed by atoms with Crippen LogP contribution in [0.25, 0.3) is 0 Å². The van der Waals surface area contributed by atoms with Crippen LogP contribution in [0.1, 0.15) is 17.4 Å². The Morgan fingerprint density at radius 2 is 2.13 bits per heavy atom. The van der Waals surface area contributed by atoms with E-state index in [0.29, 0.717) is 33.8 Å². The van der Waals surface area contributed by atoms with E-state index >= 15 is 0 Å². The van der Waals surface area contributed by atoms with Gasteiger partial charge in [-0.2, -0.15) is 5.26 Å². The first-order valence-electron chi connectivity index (χ1n) is 6.88. The van der Waals surface area contributed by atoms with Gasteiger partial charge in [0.1, 0.15) is 5.75 Å². The summed E-state index contributed by atoms with van der Waals surface area (Å²) in [5.74, 6) is 0.242. The molecule has 2 aromatic rings. The third-order valence-electron chi connectivity index (χ3n) is 3.12. The summed E-state index contributed by atoms with van der Waals surface area (Å²) in [5, 5.41) is 9.11. The molecular formula is C16H14Cl2N2O2S. The lowest BCUT2D eigenvalue weighted by Crippen LogP contribution is -2.34. The zero-order chi connectivity index (χ0) is 16.8. The molecule has 7 heteroatoms. The van der Waals surface area contributed by atoms with E-state index in [0.717, 1.165) is 4.88 Å². The summed E-state index contributed by atoms with van der Waals surface area (Å²) in [7, 11) is 0. The predicted octanol–water partition coefficient (Wildman–Crippen LogP) is 4.35. The fourth-order valence-electron chi connectivity index (χ4n) is 1.92. The van der Waals surface area contributed by atoms with E-state index in [1.54, 1.807) is 17.0 Å². The van der Waals surface area contributed by atoms with E-state index in [1.807, 2.05) is 25.1 Å². The van der Waals surface area contributed by atoms with Crippen molar-refractivity contribution in [3.8, 4) is 11.8 Å². The SMILES string of the molecule is CCN(Cc1ccc(Cl)s1)C(=O)COc1ccc(C#N)cc1Cl. The molecule has 0 saturated heterocycles. The number of nitrogens with zero attached hydrogens (tertiary/aromatic N) is 2. The number of likely N-dealkylation sites (N-methyl/N-ethyl adjacent to an activating group) is 1. The van der Waals surface area contributed by atoms with Crippen molar-refractivity contribution in [2.45, 2.75) is 13.5 Å². The van der Waals surface area contributed by atoms with Crippen LogP contribution in [0.15, 0.2) is 30.3 Å². The van der Waals surface area contributed by atoms with Crippen LogP contribution in [-0.4, -0.2) is 24.0 Å². The molecular weight excluding hydrogens is 355 g/mol. The van der Waals surface area contributed by atoms with Crippen molar-refractivity contribution < 1.29 is 9.53 Å². The topological polar surface area (TPSA) is 53.3 Å². The smallest absolute Gasteiger partial charge is 0.260 e. The maximum absolute atomic E-state index is 12.3. The first-order chi connectivity index (χ1) is 11.0. The van der Waals surface area contributed by atoms with Crippen LogP contribution in [0.2, 0.25) is 9.36 Å². The molecule has 0 spiro atoms. The Morgan fingerprint density at radius 1 is 1.35 bits per heavy atom. The standard InChI is InChI=1S/C16H14Cl2N2O2S/c1-2-20(9-12-4-6-15(18)23-12)16(21)10-22-14-5-3-11(8-19)7-13(14)17/h3-7H,2,9-10H2,1H3. The van der Waals surface area contributed by atoms with E-state index in [-0.39, 0.29) is 12.5 Å². The average molecular weight is 369 g/mol. The van der Waals surface area contributed by atoms with Crippen LogP contribution >= 0.6 is 34.5 Å². The monoisotopic (exact) mass is 368 g/mol. The minimum atomic E-state index is -0.141. The van der Waals surface area contributed by atoms with Crippen LogP contribution in [0.4, 0.5) is 0 Å². The number of halogens is 2. The highest BCUT2D eigenvalue weighted by Crippen LogP contribution is 2.26. The van der Waals surface area contributed by atoms with Gasteiger partial charge in [0.05, 0.1) is 27.5 Å². The van der Waals surface area contributed by atoms with Crippen LogP contribution < -0.4 is 4.74 Å². The lowest BCUT2D eigenvalue weighted by Gasteiger charge is -2.20. The summed E-state index contributed by atoms with van der Waals surface area (Å²) >= 11 is 13.4. The first-order valence-corrected chi connectivity index (χ1v) is 8.45. The highest BCUT2D eigenvalue weighted by Gasteiger charge is 2.15. The molecule has 1 heterocycles. The third kappa shape index (κ3) is 4.87. The van der Waals surface area contributed by atoms with Crippen molar-refractivity contribution in [3.63, 3.8) is 0 Å². The number of benzene rings is 1. The number of hydrogen-bond acceptors (Lipinski definition) is 4. The van der Waals surface area contributed by atoms with E-state index in [9.17, 15) is 4.79 Å². The Bertz CT molecular complexity index is 740. The van der Waals surface area contributed by atoms with Gasteiger partial charge in [-0.05, 0) is 37.3 Å². The number of carbonyl (C=O) groups is 1. The number of thiophene rings is 1. The Hall–Kier alpha value is -1.74. The van der Waals surface area contributed by atoms with Gasteiger partial charge in [0.15, 0.2) is 6.61 Å². The molecule has 4 nitrogen and oxygen atoms in total. The molecule has 0 aliphatic carbocycles. The van der Waals surface area contributed by atoms with Crippen LogP contribution in [0, 0.1) is 11.3 Å². The number of ether oxygens (including phenoxy) is 1. The normalized spacial score (nSPS) is 10.2. The fourth-order valence-corrected chi connectivity index (χ4v) is 3.26. The molecule has 0 radical (unpaired) electrons. The molecule has 1 amide bonds. The Kier molecular flexibility index (Phi) is 6.28. The van der Waals surface area contributed by atoms with Crippen molar-refractivity contribution >= 4 is 40.4 Å². The summed E-state index contributed by atoms with van der Waals surface area (Å²) in [4.78, 5) is 15.0. The van der Waals surface area contributed by atoms with E-state index in [1.165, 1.54) is 17.4 Å². The van der Waals surface area contributed by atoms with Gasteiger partial charge in [0.2, 0.25) is 0 Å². The maximum atomic E-state index is 12.3. The molecule has 0 N–H and O–H groups in total. The van der Waals surface area contributed by atoms with E-state index in [4.69, 9.17) is 33.2 Å². The van der Waals surface area contributed by atoms with Gasteiger partial charge in [0.25, 0.3) is 5.91 Å². The third-order valence-corrected chi connectivity index (χ3v) is 4.63. The molecule has 0 bridgehead atoms. The molecule has 0 atom stereocenters. The zero-order valence-corrected chi connectivity index (χ0v) is 14.7. The molecule has 0 fully saturated rings. The largest absolute Gasteiger partial charge is 0.482 e. The molecule has 0 unspecified atom stereocenters. The highest BCUT2D eigenvalue weighted by atomic mass is 35.5. The molecule has 1 aromatic carbocycles. The highest BCUT2D eigenvalue weighted by molar-refractivity contribution is 7.16. The second-order valence-electron chi connectivity index (χ2n) is 4.66. The minimum Gasteiger partial charge on any atom is -0.482 e. The van der Waals surface area contributed by atoms with Crippen LogP contribution in [-0.2, 0) is 11.3 Å². The molecule has 0 saturated carbocycles. The molecule has 0 aliphatic heterocycles. The number of rotatable bonds is 6. The average Bonchev–Trinajstić information content (AvgIpc) is 2.96. The van der Waals surface area contributed by atoms with Crippen molar-refractivity contribution in [3.05, 3.63) is 50.1 Å². The fraction of sp³-hybridized carbons (Fsp3) is 0.250. The summed E-state index contributed by atoms with van der Waals surface area (Å²) in [6.07, 6.45) is 0. The van der Waals surface area contributed by atoms with Crippen molar-refractivity contribution in [1.29, 1.82) is 5.26 Å². The maximum Gasteiger partial charge on any atom is 0.260 e. The van der Waals surface area contributed by atoms with Gasteiger partial charge in [-0.3, -0.25) is 4.79 Å². The summed E-state index contributed by atoms with van der Waals surface area (Å²) in [6, 6.07) is 10.4. The molecule has 2 rings (SSSR count). The van der Waals surface area contributed by atoms with E-state index in [2.05, 4.69) is 0 Å². The Balaban J connectivity index is 1.96. The second kappa shape index (κ2) is 8.21. The molecule has 23 heavy (non-hydrogen) atoms. The van der Waals surface area contributed by atoms with Gasteiger partial charge >= 0.3 is 0 Å². The van der Waals surface area contributed by atoms with Gasteiger partial charge in [0, 0.05) is 11.4 Å². The summed E-state index contributed by atoms with van der Waals surface area (Å²) in [5.41, 5.74) is 0.443. The molecule has 120 valence electrons. The number of hydrogen-bond donors (Lipinski definition) is 0. The second-order valence-corrected chi connectivity index (χ2v) is 6.87. The minimum absolute atomic E-state index is 0.113. The zero-order valence-electron chi connectivity index (χ0n) is 12.4. The van der Waals surface area contributed by atoms with Crippen LogP contribution in [0.5, 0.6) is 5.75 Å². The number of amides is 1. The van der Waals surface area contributed by atoms with Crippen molar-refractivity contribution in [2.75, 3.05) is 13.2 Å².